The van der Waals surface area contributed by atoms with Crippen LogP contribution in [0.15, 0.2) is 36.1 Å². The van der Waals surface area contributed by atoms with Gasteiger partial charge in [0.2, 0.25) is 0 Å². The van der Waals surface area contributed by atoms with E-state index in [0.717, 1.165) is 61.2 Å². The highest BCUT2D eigenvalue weighted by molar-refractivity contribution is 7.39. The molecule has 0 radical (unpaired) electrons. The van der Waals surface area contributed by atoms with Crippen molar-refractivity contribution in [2.45, 2.75) is 71.6 Å². The largest absolute Gasteiger partial charge is 0.556 e. The number of hydrogen-bond acceptors (Lipinski definition) is 5. The molecule has 0 fully saturated rings. The number of benzene rings is 1. The highest BCUT2D eigenvalue weighted by Gasteiger charge is 2.39. The average molecular weight is 460 g/mol. The second-order valence-electron chi connectivity index (χ2n) is 9.08. The van der Waals surface area contributed by atoms with Crippen LogP contribution in [0.2, 0.25) is 0 Å². The van der Waals surface area contributed by atoms with E-state index in [4.69, 9.17) is 14.0 Å². The van der Waals surface area contributed by atoms with Crippen LogP contribution in [0.4, 0.5) is 0 Å². The van der Waals surface area contributed by atoms with Crippen LogP contribution in [-0.4, -0.2) is 19.2 Å². The normalized spacial score (nSPS) is 20.9. The zero-order chi connectivity index (χ0) is 23.3. The molecule has 0 N–H and O–H groups in total. The number of esters is 1. The Labute approximate surface area is 193 Å². The monoisotopic (exact) mass is 459 g/mol. The van der Waals surface area contributed by atoms with Crippen LogP contribution < -0.4 is 9.26 Å². The maximum atomic E-state index is 12.9. The number of carbonyl (C=O) groups is 1. The van der Waals surface area contributed by atoms with Crippen molar-refractivity contribution in [2.75, 3.05) is 13.3 Å². The van der Waals surface area contributed by atoms with E-state index in [0.29, 0.717) is 18.3 Å². The molecular weight excluding hydrogens is 423 g/mol. The van der Waals surface area contributed by atoms with Gasteiger partial charge in [0, 0.05) is 18.3 Å². The number of fused-ring (bicyclic) bond motifs is 3. The summed E-state index contributed by atoms with van der Waals surface area (Å²) in [7, 11) is -0.595. The molecule has 4 atom stereocenters. The molecule has 1 aliphatic heterocycles. The average Bonchev–Trinajstić information content (AvgIpc) is 2.76. The van der Waals surface area contributed by atoms with E-state index in [-0.39, 0.29) is 23.7 Å². The Bertz CT molecular complexity index is 904. The highest BCUT2D eigenvalue weighted by atomic mass is 31.1. The molecule has 0 aromatic heterocycles. The molecule has 0 amide bonds. The van der Waals surface area contributed by atoms with Crippen molar-refractivity contribution in [3.05, 3.63) is 47.2 Å². The molecule has 0 bridgehead atoms. The summed E-state index contributed by atoms with van der Waals surface area (Å²) in [5.74, 6) is 1.96. The van der Waals surface area contributed by atoms with E-state index in [9.17, 15) is 9.36 Å². The summed E-state index contributed by atoms with van der Waals surface area (Å²) < 4.78 is 29.9. The predicted molar refractivity (Wildman–Crippen MR) is 128 cm³/mol. The van der Waals surface area contributed by atoms with Crippen molar-refractivity contribution in [1.82, 2.24) is 0 Å². The molecular formula is C26H36O5P+. The molecule has 5 nitrogen and oxygen atoms in total. The van der Waals surface area contributed by atoms with Gasteiger partial charge in [0.05, 0.1) is 18.6 Å². The molecule has 1 aliphatic carbocycles. The van der Waals surface area contributed by atoms with Crippen LogP contribution in [0.1, 0.15) is 76.3 Å². The Morgan fingerprint density at radius 2 is 2.12 bits per heavy atom. The minimum absolute atomic E-state index is 0.122. The summed E-state index contributed by atoms with van der Waals surface area (Å²) in [6.45, 7) is 10.3. The summed E-state index contributed by atoms with van der Waals surface area (Å²) >= 11 is 0. The van der Waals surface area contributed by atoms with Crippen molar-refractivity contribution in [3.63, 3.8) is 0 Å². The number of ether oxygens (including phenoxy) is 2. The van der Waals surface area contributed by atoms with Crippen LogP contribution >= 0.6 is 8.03 Å². The first-order valence-electron chi connectivity index (χ1n) is 11.7. The van der Waals surface area contributed by atoms with Crippen LogP contribution in [0.5, 0.6) is 11.5 Å². The standard InChI is InChI=1S/C26H36O5P/c1-6-7-8-9-20-15-23-25(22-14-17(2)10-11-21(22)19(4)30-23)24(16-20)31-32(28)13-12-18(3)26(27)29-5/h14-16,18,21-22H,4,6-13H2,1-3,5H3/q+1/t18-,21?,22?/m1/s1. The lowest BCUT2D eigenvalue weighted by atomic mass is 9.74. The molecule has 0 saturated heterocycles. The molecule has 6 heteroatoms. The number of aryl methyl sites for hydroxylation is 1. The first-order chi connectivity index (χ1) is 15.3. The number of allylic oxidation sites excluding steroid dienone is 3. The van der Waals surface area contributed by atoms with Crippen LogP contribution in [-0.2, 0) is 20.5 Å². The summed E-state index contributed by atoms with van der Waals surface area (Å²) in [6.07, 6.45) is 9.39. The molecule has 32 heavy (non-hydrogen) atoms. The smallest absolute Gasteiger partial charge is 0.469 e. The summed E-state index contributed by atoms with van der Waals surface area (Å²) in [4.78, 5) is 11.7. The lowest BCUT2D eigenvalue weighted by molar-refractivity contribution is -0.144. The van der Waals surface area contributed by atoms with E-state index >= 15 is 0 Å². The van der Waals surface area contributed by atoms with Crippen molar-refractivity contribution >= 4 is 14.0 Å². The van der Waals surface area contributed by atoms with Crippen LogP contribution in [0, 0.1) is 11.8 Å². The van der Waals surface area contributed by atoms with Gasteiger partial charge in [0.25, 0.3) is 0 Å². The minimum atomic E-state index is -1.97. The lowest BCUT2D eigenvalue weighted by Crippen LogP contribution is -2.26. The highest BCUT2D eigenvalue weighted by Crippen LogP contribution is 2.52. The predicted octanol–water partition coefficient (Wildman–Crippen LogP) is 7.09. The van der Waals surface area contributed by atoms with Crippen molar-refractivity contribution < 1.29 is 23.4 Å². The van der Waals surface area contributed by atoms with Crippen molar-refractivity contribution in [2.24, 2.45) is 11.8 Å². The Kier molecular flexibility index (Phi) is 8.53. The number of unbranched alkanes of at least 4 members (excludes halogenated alkanes) is 2. The quantitative estimate of drug-likeness (QED) is 0.162. The molecule has 1 aromatic rings. The van der Waals surface area contributed by atoms with E-state index in [1.165, 1.54) is 12.7 Å². The van der Waals surface area contributed by atoms with Crippen LogP contribution in [0.3, 0.4) is 0 Å². The zero-order valence-electron chi connectivity index (χ0n) is 19.8. The lowest BCUT2D eigenvalue weighted by Gasteiger charge is -2.37. The van der Waals surface area contributed by atoms with Crippen LogP contribution in [0.25, 0.3) is 0 Å². The van der Waals surface area contributed by atoms with Gasteiger partial charge in [-0.2, -0.15) is 0 Å². The molecule has 1 heterocycles. The van der Waals surface area contributed by atoms with Gasteiger partial charge in [-0.05, 0) is 54.9 Å². The Hall–Kier alpha value is -2.13. The summed E-state index contributed by atoms with van der Waals surface area (Å²) in [5.41, 5.74) is 3.45. The third kappa shape index (κ3) is 5.81. The fourth-order valence-electron chi connectivity index (χ4n) is 4.57. The first kappa shape index (κ1) is 24.5. The summed E-state index contributed by atoms with van der Waals surface area (Å²) in [5, 5.41) is 0. The fraction of sp³-hybridized carbons (Fsp3) is 0.577. The topological polar surface area (TPSA) is 61.8 Å². The van der Waals surface area contributed by atoms with Gasteiger partial charge in [0.1, 0.15) is 11.5 Å². The number of rotatable bonds is 10. The van der Waals surface area contributed by atoms with Gasteiger partial charge < -0.3 is 9.47 Å². The van der Waals surface area contributed by atoms with E-state index < -0.39 is 8.03 Å². The molecule has 0 saturated carbocycles. The molecule has 3 unspecified atom stereocenters. The molecule has 174 valence electrons. The molecule has 3 rings (SSSR count). The van der Waals surface area contributed by atoms with Gasteiger partial charge >= 0.3 is 14.0 Å². The molecule has 2 aliphatic rings. The van der Waals surface area contributed by atoms with E-state index in [2.05, 4.69) is 32.6 Å². The summed E-state index contributed by atoms with van der Waals surface area (Å²) in [6, 6.07) is 4.14. The second kappa shape index (κ2) is 11.1. The second-order valence-corrected chi connectivity index (χ2v) is 10.4. The fourth-order valence-corrected chi connectivity index (χ4v) is 5.63. The number of methoxy groups -OCH3 is 1. The molecule has 0 spiro atoms. The van der Waals surface area contributed by atoms with Gasteiger partial charge in [-0.1, -0.05) is 44.9 Å². The third-order valence-corrected chi connectivity index (χ3v) is 7.54. The Morgan fingerprint density at radius 3 is 2.84 bits per heavy atom. The first-order valence-corrected chi connectivity index (χ1v) is 13.1. The third-order valence-electron chi connectivity index (χ3n) is 6.52. The SMILES string of the molecule is C=C1Oc2cc(CCCCC)cc(O[P+](=O)CC[C@@H](C)C(=O)OC)c2C2C=C(C)CCC12. The van der Waals surface area contributed by atoms with Gasteiger partial charge in [-0.25, -0.2) is 0 Å². The maximum Gasteiger partial charge on any atom is 0.556 e. The zero-order valence-corrected chi connectivity index (χ0v) is 20.7. The van der Waals surface area contributed by atoms with Gasteiger partial charge in [-0.3, -0.25) is 9.32 Å². The maximum absolute atomic E-state index is 12.9. The number of carbonyl (C=O) groups excluding carboxylic acids is 1. The number of hydrogen-bond donors (Lipinski definition) is 0. The minimum Gasteiger partial charge on any atom is -0.469 e. The Balaban J connectivity index is 1.89. The van der Waals surface area contributed by atoms with E-state index in [1.807, 2.05) is 6.07 Å². The van der Waals surface area contributed by atoms with E-state index in [1.54, 1.807) is 6.92 Å². The van der Waals surface area contributed by atoms with Gasteiger partial charge in [-0.15, -0.1) is 0 Å². The van der Waals surface area contributed by atoms with Crippen molar-refractivity contribution in [3.8, 4) is 11.5 Å². The van der Waals surface area contributed by atoms with Crippen molar-refractivity contribution in [1.29, 1.82) is 0 Å². The molecule has 1 aromatic carbocycles. The Morgan fingerprint density at radius 1 is 1.34 bits per heavy atom. The van der Waals surface area contributed by atoms with Gasteiger partial charge in [0.15, 0.2) is 11.9 Å².